The molecule has 4 fully saturated rings. The Kier molecular flexibility index (Phi) is 9.63. The highest BCUT2D eigenvalue weighted by atomic mass is 16.3. The highest BCUT2D eigenvalue weighted by Crippen LogP contribution is 2.79. The molecule has 4 saturated carbocycles. The van der Waals surface area contributed by atoms with E-state index in [9.17, 15) is 20.7 Å². The summed E-state index contributed by atoms with van der Waals surface area (Å²) in [6, 6.07) is 13.7. The maximum atomic E-state index is 10.6. The van der Waals surface area contributed by atoms with Gasteiger partial charge in [-0.25, -0.2) is 0 Å². The van der Waals surface area contributed by atoms with Crippen molar-refractivity contribution in [2.24, 2.45) is 60.6 Å². The van der Waals surface area contributed by atoms with Crippen molar-refractivity contribution in [1.82, 2.24) is 9.97 Å². The zero-order valence-electron chi connectivity index (χ0n) is 38.5. The molecule has 6 nitrogen and oxygen atoms in total. The number of aliphatic hydroxyl groups is 2. The van der Waals surface area contributed by atoms with E-state index in [0.717, 1.165) is 68.9 Å². The van der Waals surface area contributed by atoms with Crippen LogP contribution in [0.25, 0.3) is 11.1 Å². The molecule has 322 valence electrons. The quantitative estimate of drug-likeness (QED) is 0.312. The number of rotatable bonds is 2. The molecular formula is C55H70N4O2. The van der Waals surface area contributed by atoms with Gasteiger partial charge in [-0.05, 0) is 179 Å². The van der Waals surface area contributed by atoms with Crippen LogP contribution in [0.2, 0.25) is 0 Å². The smallest absolute Gasteiger partial charge is 0.0949 e. The maximum Gasteiger partial charge on any atom is 0.0949 e. The minimum atomic E-state index is -0.301. The van der Waals surface area contributed by atoms with Crippen molar-refractivity contribution in [2.45, 2.75) is 158 Å². The van der Waals surface area contributed by atoms with Crippen LogP contribution in [0.4, 0.5) is 0 Å². The van der Waals surface area contributed by atoms with Crippen LogP contribution in [0.1, 0.15) is 157 Å². The molecule has 0 amide bonds. The topological polar surface area (TPSA) is 114 Å². The first kappa shape index (κ1) is 42.5. The van der Waals surface area contributed by atoms with Gasteiger partial charge in [-0.1, -0.05) is 92.7 Å². The number of nitrogens with zero attached hydrogens (tertiary/aromatic N) is 4. The van der Waals surface area contributed by atoms with E-state index in [4.69, 9.17) is 0 Å². The second-order valence-electron chi connectivity index (χ2n) is 23.2. The summed E-state index contributed by atoms with van der Waals surface area (Å²) < 4.78 is 0. The predicted octanol–water partition coefficient (Wildman–Crippen LogP) is 12.4. The third kappa shape index (κ3) is 5.31. The summed E-state index contributed by atoms with van der Waals surface area (Å²) in [5.41, 5.74) is 8.94. The standard InChI is InChI=1S/C28H36N2O.C27H34N2O/c1-24-12-13-26(3)23(25(24,2)10-9-22(24)19-7-6-14-30-18-19)15-20(17-29)27(4)16-21(31)8-11-28(26,27)5;1-24-9-7-20(30)15-22(24)19(16-28)14-23-26(3)10-8-21(18-6-5-13-29-17-18)25(26,2)11-12-27(23,24)4/h6-7,9,14-15,18,21,23,31H,8,10-13,16H2,1-5H3;5-6,8,13,17,20,23,30H,7,9-12,14-15H2,1-4H3/t21-,23-,24+,25-,26-,27+,28+;20-,23-,24-,25+,26-,27-/m00/s1. The van der Waals surface area contributed by atoms with Crippen molar-refractivity contribution >= 4 is 11.1 Å². The fourth-order valence-electron chi connectivity index (χ4n) is 16.8. The second kappa shape index (κ2) is 13.8. The van der Waals surface area contributed by atoms with Crippen LogP contribution in [0, 0.1) is 83.2 Å². The Labute approximate surface area is 366 Å². The molecule has 2 heterocycles. The normalized spacial score (nSPS) is 46.9. The minimum absolute atomic E-state index is 0.00507. The maximum absolute atomic E-state index is 10.6. The highest BCUT2D eigenvalue weighted by Gasteiger charge is 2.72. The summed E-state index contributed by atoms with van der Waals surface area (Å²) in [5, 5.41) is 41.4. The molecular weight excluding hydrogens is 749 g/mol. The fraction of sp³-hybridized carbons (Fsp3) is 0.636. The van der Waals surface area contributed by atoms with Crippen LogP contribution in [-0.2, 0) is 0 Å². The van der Waals surface area contributed by atoms with Crippen LogP contribution in [0.3, 0.4) is 0 Å². The van der Waals surface area contributed by atoms with Crippen molar-refractivity contribution in [1.29, 1.82) is 10.5 Å². The van der Waals surface area contributed by atoms with Gasteiger partial charge >= 0.3 is 0 Å². The number of aliphatic hydroxyl groups excluding tert-OH is 2. The third-order valence-corrected chi connectivity index (χ3v) is 21.7. The molecule has 0 saturated heterocycles. The van der Waals surface area contributed by atoms with E-state index in [-0.39, 0.29) is 60.9 Å². The molecule has 8 aliphatic carbocycles. The third-order valence-electron chi connectivity index (χ3n) is 21.7. The van der Waals surface area contributed by atoms with E-state index in [0.29, 0.717) is 24.7 Å². The molecule has 0 radical (unpaired) electrons. The Bertz CT molecular complexity index is 2340. The van der Waals surface area contributed by atoms with Crippen LogP contribution in [-0.4, -0.2) is 32.4 Å². The van der Waals surface area contributed by atoms with Gasteiger partial charge in [0, 0.05) is 41.3 Å². The summed E-state index contributed by atoms with van der Waals surface area (Å²) in [6.07, 6.45) is 27.1. The number of pyridine rings is 2. The largest absolute Gasteiger partial charge is 0.393 e. The van der Waals surface area contributed by atoms with Crippen LogP contribution >= 0.6 is 0 Å². The average molecular weight is 819 g/mol. The zero-order chi connectivity index (χ0) is 43.6. The minimum Gasteiger partial charge on any atom is -0.393 e. The predicted molar refractivity (Wildman–Crippen MR) is 243 cm³/mol. The zero-order valence-corrected chi connectivity index (χ0v) is 38.5. The van der Waals surface area contributed by atoms with Crippen LogP contribution in [0.15, 0.2) is 84.0 Å². The van der Waals surface area contributed by atoms with E-state index in [1.54, 1.807) is 0 Å². The van der Waals surface area contributed by atoms with Crippen molar-refractivity contribution in [2.75, 3.05) is 0 Å². The first-order valence-corrected chi connectivity index (χ1v) is 23.6. The number of hydrogen-bond acceptors (Lipinski definition) is 6. The van der Waals surface area contributed by atoms with Gasteiger partial charge in [0.25, 0.3) is 0 Å². The molecule has 2 aromatic rings. The lowest BCUT2D eigenvalue weighted by Crippen LogP contribution is -2.65. The van der Waals surface area contributed by atoms with Gasteiger partial charge < -0.3 is 10.2 Å². The highest BCUT2D eigenvalue weighted by molar-refractivity contribution is 5.74. The van der Waals surface area contributed by atoms with Gasteiger partial charge in [-0.2, -0.15) is 10.5 Å². The van der Waals surface area contributed by atoms with E-state index in [1.807, 2.05) is 36.9 Å². The SMILES string of the molecule is C[C@]12CC[C@H](O)CC1=C(C#N)C[C@@H]1[C@]2(C)CC[C@]2(C)C(c3cccnc3)=CC[C@@]12C.C[C@]12CC[C@H](O)C[C@]1(C)C(C#N)=C[C@@H]1[C@]2(C)CC[C@]2(C)C(c3cccnc3)=CC[C@@]12C. The molecule has 0 aliphatic heterocycles. The Morgan fingerprint density at radius 3 is 1.75 bits per heavy atom. The summed E-state index contributed by atoms with van der Waals surface area (Å²) in [5.74, 6) is 0.806. The van der Waals surface area contributed by atoms with Gasteiger partial charge in [0.1, 0.15) is 0 Å². The van der Waals surface area contributed by atoms with E-state index < -0.39 is 0 Å². The first-order valence-electron chi connectivity index (χ1n) is 23.6. The molecule has 61 heavy (non-hydrogen) atoms. The van der Waals surface area contributed by atoms with Gasteiger partial charge in [0.05, 0.1) is 24.3 Å². The summed E-state index contributed by atoms with van der Waals surface area (Å²) >= 11 is 0. The molecule has 0 bridgehead atoms. The summed E-state index contributed by atoms with van der Waals surface area (Å²) in [6.45, 7) is 22.0. The number of allylic oxidation sites excluding steroid dienone is 7. The number of fused-ring (bicyclic) bond motifs is 10. The van der Waals surface area contributed by atoms with Crippen LogP contribution < -0.4 is 0 Å². The molecule has 10 rings (SSSR count). The molecule has 0 spiro atoms. The molecule has 2 N–H and O–H groups in total. The van der Waals surface area contributed by atoms with Gasteiger partial charge in [-0.15, -0.1) is 0 Å². The van der Waals surface area contributed by atoms with E-state index in [1.165, 1.54) is 40.7 Å². The molecule has 6 heteroatoms. The second-order valence-corrected chi connectivity index (χ2v) is 23.2. The monoisotopic (exact) mass is 819 g/mol. The van der Waals surface area contributed by atoms with Gasteiger partial charge in [0.2, 0.25) is 0 Å². The summed E-state index contributed by atoms with van der Waals surface area (Å²) in [4.78, 5) is 8.80. The lowest BCUT2D eigenvalue weighted by Gasteiger charge is -2.71. The average Bonchev–Trinajstić information content (AvgIpc) is 3.69. The van der Waals surface area contributed by atoms with E-state index >= 15 is 0 Å². The van der Waals surface area contributed by atoms with Crippen molar-refractivity contribution in [3.63, 3.8) is 0 Å². The fourth-order valence-corrected chi connectivity index (χ4v) is 16.8. The van der Waals surface area contributed by atoms with Gasteiger partial charge in [0.15, 0.2) is 0 Å². The van der Waals surface area contributed by atoms with Crippen molar-refractivity contribution in [3.8, 4) is 12.1 Å². The lowest BCUT2D eigenvalue weighted by molar-refractivity contribution is -0.187. The number of aromatic nitrogens is 2. The van der Waals surface area contributed by atoms with Crippen LogP contribution in [0.5, 0.6) is 0 Å². The molecule has 13 atom stereocenters. The number of nitriles is 2. The molecule has 8 aliphatic rings. The Balaban J connectivity index is 0.000000156. The Hall–Kier alpha value is -3.84. The molecule has 2 aromatic heterocycles. The van der Waals surface area contributed by atoms with Gasteiger partial charge in [-0.3, -0.25) is 9.97 Å². The van der Waals surface area contributed by atoms with Crippen molar-refractivity contribution in [3.05, 3.63) is 95.1 Å². The molecule has 0 aromatic carbocycles. The lowest BCUT2D eigenvalue weighted by atomic mass is 9.33. The van der Waals surface area contributed by atoms with Crippen molar-refractivity contribution < 1.29 is 10.2 Å². The Morgan fingerprint density at radius 2 is 1.18 bits per heavy atom. The summed E-state index contributed by atoms with van der Waals surface area (Å²) in [7, 11) is 0. The molecule has 0 unspecified atom stereocenters. The first-order chi connectivity index (χ1) is 28.8. The number of hydrogen-bond donors (Lipinski definition) is 2. The Morgan fingerprint density at radius 1 is 0.607 bits per heavy atom. The van der Waals surface area contributed by atoms with E-state index in [2.05, 4.69) is 115 Å².